The van der Waals surface area contributed by atoms with Crippen molar-refractivity contribution < 1.29 is 27.5 Å². The number of hydrogen-bond donors (Lipinski definition) is 0. The Morgan fingerprint density at radius 2 is 1.69 bits per heavy atom. The maximum Gasteiger partial charge on any atom is 0.416 e. The first-order valence-electron chi connectivity index (χ1n) is 11.7. The number of likely N-dealkylation sites (tertiary alicyclic amines) is 1. The minimum absolute atomic E-state index is 0.00347. The summed E-state index contributed by atoms with van der Waals surface area (Å²) < 4.78 is 44.3. The lowest BCUT2D eigenvalue weighted by molar-refractivity contribution is -0.137. The summed E-state index contributed by atoms with van der Waals surface area (Å²) in [6.45, 7) is 3.35. The Hall–Kier alpha value is -3.07. The summed E-state index contributed by atoms with van der Waals surface area (Å²) in [6.07, 6.45) is -2.92. The molecule has 3 amide bonds. The van der Waals surface area contributed by atoms with Crippen molar-refractivity contribution in [2.24, 2.45) is 0 Å². The third kappa shape index (κ3) is 4.87. The lowest BCUT2D eigenvalue weighted by Gasteiger charge is -2.43. The molecule has 2 aliphatic rings. The number of alkyl halides is 3. The summed E-state index contributed by atoms with van der Waals surface area (Å²) in [5.74, 6) is 0.513. The van der Waals surface area contributed by atoms with E-state index in [4.69, 9.17) is 4.74 Å². The van der Waals surface area contributed by atoms with Crippen molar-refractivity contribution in [3.63, 3.8) is 0 Å². The van der Waals surface area contributed by atoms with Crippen molar-refractivity contribution in [1.82, 2.24) is 14.7 Å². The van der Waals surface area contributed by atoms with E-state index in [0.29, 0.717) is 43.7 Å². The van der Waals surface area contributed by atoms with E-state index in [9.17, 15) is 22.8 Å². The van der Waals surface area contributed by atoms with Crippen molar-refractivity contribution in [3.8, 4) is 5.75 Å². The molecule has 2 saturated heterocycles. The molecule has 35 heavy (non-hydrogen) atoms. The topological polar surface area (TPSA) is 53.1 Å². The highest BCUT2D eigenvalue weighted by molar-refractivity contribution is 6.06. The Balaban J connectivity index is 1.40. The number of imide groups is 1. The van der Waals surface area contributed by atoms with Gasteiger partial charge in [0.2, 0.25) is 0 Å². The molecule has 0 saturated carbocycles. The van der Waals surface area contributed by atoms with Gasteiger partial charge in [0.1, 0.15) is 11.3 Å². The van der Waals surface area contributed by atoms with Crippen LogP contribution in [0.4, 0.5) is 18.0 Å². The quantitative estimate of drug-likeness (QED) is 0.558. The molecule has 0 aliphatic carbocycles. The first-order chi connectivity index (χ1) is 16.5. The monoisotopic (exact) mass is 489 g/mol. The fourth-order valence-electron chi connectivity index (χ4n) is 5.13. The van der Waals surface area contributed by atoms with E-state index in [1.54, 1.807) is 37.3 Å². The van der Waals surface area contributed by atoms with E-state index >= 15 is 0 Å². The van der Waals surface area contributed by atoms with Gasteiger partial charge in [-0.15, -0.1) is 0 Å². The van der Waals surface area contributed by atoms with E-state index in [1.165, 1.54) is 17.0 Å². The lowest BCUT2D eigenvalue weighted by Crippen LogP contribution is -2.56. The van der Waals surface area contributed by atoms with Gasteiger partial charge in [-0.05, 0) is 55.5 Å². The number of ether oxygens (including phenoxy) is 1. The van der Waals surface area contributed by atoms with Crippen LogP contribution in [0.2, 0.25) is 0 Å². The van der Waals surface area contributed by atoms with Gasteiger partial charge in [0.25, 0.3) is 5.91 Å². The molecule has 9 heteroatoms. The summed E-state index contributed by atoms with van der Waals surface area (Å²) in [4.78, 5) is 31.5. The molecular formula is C26H30F3N3O3. The summed E-state index contributed by atoms with van der Waals surface area (Å²) in [5, 5.41) is 0. The molecule has 1 atom stereocenters. The van der Waals surface area contributed by atoms with E-state index in [1.807, 2.05) is 19.1 Å². The predicted molar refractivity (Wildman–Crippen MR) is 125 cm³/mol. The zero-order valence-corrected chi connectivity index (χ0v) is 20.1. The molecule has 2 fully saturated rings. The van der Waals surface area contributed by atoms with Crippen molar-refractivity contribution in [1.29, 1.82) is 0 Å². The Labute approximate surface area is 203 Å². The Bertz CT molecular complexity index is 1080. The SMILES string of the molecule is COc1ccc(CN2C(=O)N(C)C3(CCN([C@H](C)Cc4cccc(C(F)(F)F)c4)CC3)C2=O)cc1. The van der Waals surface area contributed by atoms with Gasteiger partial charge in [-0.1, -0.05) is 30.3 Å². The van der Waals surface area contributed by atoms with E-state index in [2.05, 4.69) is 4.90 Å². The van der Waals surface area contributed by atoms with Gasteiger partial charge in [-0.25, -0.2) is 4.79 Å². The molecule has 1 spiro atoms. The van der Waals surface area contributed by atoms with Crippen LogP contribution in [0.1, 0.15) is 36.5 Å². The number of likely N-dealkylation sites (N-methyl/N-ethyl adjacent to an activating group) is 1. The van der Waals surface area contributed by atoms with Crippen LogP contribution >= 0.6 is 0 Å². The number of piperidine rings is 1. The average Bonchev–Trinajstić information content (AvgIpc) is 3.01. The number of nitrogens with zero attached hydrogens (tertiary/aromatic N) is 3. The molecule has 2 aliphatic heterocycles. The van der Waals surface area contributed by atoms with E-state index < -0.39 is 17.3 Å². The molecule has 188 valence electrons. The molecule has 0 aromatic heterocycles. The number of amides is 3. The van der Waals surface area contributed by atoms with Crippen molar-refractivity contribution in [3.05, 3.63) is 65.2 Å². The highest BCUT2D eigenvalue weighted by Crippen LogP contribution is 2.38. The van der Waals surface area contributed by atoms with E-state index in [0.717, 1.165) is 11.6 Å². The number of methoxy groups -OCH3 is 1. The molecule has 0 bridgehead atoms. The molecule has 2 aromatic rings. The predicted octanol–water partition coefficient (Wildman–Crippen LogP) is 4.57. The molecule has 0 radical (unpaired) electrons. The lowest BCUT2D eigenvalue weighted by atomic mass is 9.85. The average molecular weight is 490 g/mol. The summed E-state index contributed by atoms with van der Waals surface area (Å²) >= 11 is 0. The van der Waals surface area contributed by atoms with Crippen LogP contribution in [-0.4, -0.2) is 65.5 Å². The summed E-state index contributed by atoms with van der Waals surface area (Å²) in [6, 6.07) is 12.4. The van der Waals surface area contributed by atoms with Gasteiger partial charge in [0, 0.05) is 26.2 Å². The van der Waals surface area contributed by atoms with Gasteiger partial charge >= 0.3 is 12.2 Å². The van der Waals surface area contributed by atoms with Crippen molar-refractivity contribution in [2.45, 2.75) is 50.5 Å². The molecule has 2 heterocycles. The Morgan fingerprint density at radius 3 is 2.29 bits per heavy atom. The van der Waals surface area contributed by atoms with Gasteiger partial charge in [0.15, 0.2) is 0 Å². The fraction of sp³-hybridized carbons (Fsp3) is 0.462. The first-order valence-corrected chi connectivity index (χ1v) is 11.7. The Kier molecular flexibility index (Phi) is 6.81. The van der Waals surface area contributed by atoms with Crippen molar-refractivity contribution >= 4 is 11.9 Å². The standard InChI is InChI=1S/C26H30F3N3O3/c1-18(15-20-5-4-6-21(16-20)26(27,28)29)31-13-11-25(12-14-31)23(33)32(24(34)30(25)2)17-19-7-9-22(35-3)10-8-19/h4-10,16,18H,11-15,17H2,1-3H3/t18-/m1/s1. The van der Waals surface area contributed by atoms with Gasteiger partial charge in [0.05, 0.1) is 19.2 Å². The maximum absolute atomic E-state index is 13.4. The third-order valence-electron chi connectivity index (χ3n) is 7.34. The number of urea groups is 1. The van der Waals surface area contributed by atoms with Crippen LogP contribution in [-0.2, 0) is 23.9 Å². The highest BCUT2D eigenvalue weighted by Gasteiger charge is 2.56. The number of carbonyl (C=O) groups is 2. The number of halogens is 3. The summed E-state index contributed by atoms with van der Waals surface area (Å²) in [7, 11) is 3.25. The smallest absolute Gasteiger partial charge is 0.416 e. The number of rotatable bonds is 6. The molecule has 6 nitrogen and oxygen atoms in total. The molecular weight excluding hydrogens is 459 g/mol. The zero-order valence-electron chi connectivity index (χ0n) is 20.1. The minimum atomic E-state index is -4.37. The zero-order chi connectivity index (χ0) is 25.4. The van der Waals surface area contributed by atoms with Crippen LogP contribution in [0.5, 0.6) is 5.75 Å². The first kappa shape index (κ1) is 25.0. The second-order valence-electron chi connectivity index (χ2n) is 9.40. The fourth-order valence-corrected chi connectivity index (χ4v) is 5.13. The second-order valence-corrected chi connectivity index (χ2v) is 9.40. The highest BCUT2D eigenvalue weighted by atomic mass is 19.4. The van der Waals surface area contributed by atoms with Crippen LogP contribution in [0.3, 0.4) is 0 Å². The molecule has 4 rings (SSSR count). The van der Waals surface area contributed by atoms with Gasteiger partial charge in [-0.3, -0.25) is 9.69 Å². The van der Waals surface area contributed by atoms with Crippen LogP contribution in [0, 0.1) is 0 Å². The van der Waals surface area contributed by atoms with Crippen LogP contribution in [0.15, 0.2) is 48.5 Å². The summed E-state index contributed by atoms with van der Waals surface area (Å²) in [5.41, 5.74) is -0.0586. The normalized spacial score (nSPS) is 19.5. The molecule has 0 unspecified atom stereocenters. The number of hydrogen-bond acceptors (Lipinski definition) is 4. The second kappa shape index (κ2) is 9.53. The maximum atomic E-state index is 13.4. The minimum Gasteiger partial charge on any atom is -0.497 e. The van der Waals surface area contributed by atoms with Gasteiger partial charge < -0.3 is 14.5 Å². The number of carbonyl (C=O) groups excluding carboxylic acids is 2. The molecule has 0 N–H and O–H groups in total. The van der Waals surface area contributed by atoms with Crippen LogP contribution in [0.25, 0.3) is 0 Å². The van der Waals surface area contributed by atoms with Crippen molar-refractivity contribution in [2.75, 3.05) is 27.2 Å². The van der Waals surface area contributed by atoms with Crippen LogP contribution < -0.4 is 4.74 Å². The van der Waals surface area contributed by atoms with E-state index in [-0.39, 0.29) is 24.5 Å². The Morgan fingerprint density at radius 1 is 1.03 bits per heavy atom. The number of benzene rings is 2. The molecule has 2 aromatic carbocycles. The third-order valence-corrected chi connectivity index (χ3v) is 7.34. The largest absolute Gasteiger partial charge is 0.497 e. The van der Waals surface area contributed by atoms with Gasteiger partial charge in [-0.2, -0.15) is 13.2 Å².